The van der Waals surface area contributed by atoms with Gasteiger partial charge in [-0.05, 0) is 143 Å². The monoisotopic (exact) mass is 967 g/mol. The number of nitrogen functional groups attached to an aromatic ring is 1. The van der Waals surface area contributed by atoms with Crippen molar-refractivity contribution in [2.45, 2.75) is 117 Å². The van der Waals surface area contributed by atoms with Gasteiger partial charge in [0.2, 0.25) is 5.91 Å². The summed E-state index contributed by atoms with van der Waals surface area (Å²) in [6.07, 6.45) is 12.5. The molecule has 3 fully saturated rings. The van der Waals surface area contributed by atoms with Gasteiger partial charge < -0.3 is 20.7 Å². The number of hydrogen-bond acceptors (Lipinski definition) is 10. The number of carbonyl (C=O) groups excluding carboxylic acids is 3. The van der Waals surface area contributed by atoms with E-state index in [1.165, 1.54) is 15.7 Å². The van der Waals surface area contributed by atoms with Crippen molar-refractivity contribution in [1.82, 2.24) is 44.0 Å². The van der Waals surface area contributed by atoms with E-state index >= 15 is 0 Å². The van der Waals surface area contributed by atoms with Crippen molar-refractivity contribution < 1.29 is 14.4 Å². The first-order chi connectivity index (χ1) is 34.4. The number of fused-ring (bicyclic) bond motifs is 1. The number of amides is 2. The Morgan fingerprint density at radius 2 is 1.65 bits per heavy atom. The van der Waals surface area contributed by atoms with E-state index in [4.69, 9.17) is 5.73 Å². The summed E-state index contributed by atoms with van der Waals surface area (Å²) in [5.41, 5.74) is 15.9. The van der Waals surface area contributed by atoms with Gasteiger partial charge in [0.05, 0.1) is 11.0 Å². The number of aromatic nitrogens is 4. The summed E-state index contributed by atoms with van der Waals surface area (Å²) >= 11 is 0. The number of aryl methyl sites for hydroxylation is 2. The van der Waals surface area contributed by atoms with Gasteiger partial charge >= 0.3 is 5.69 Å². The number of hydrogen-bond donors (Lipinski definition) is 2. The molecule has 0 radical (unpaired) electrons. The summed E-state index contributed by atoms with van der Waals surface area (Å²) in [4.78, 5) is 69.9. The number of anilines is 1. The third-order valence-electron chi connectivity index (χ3n) is 15.6. The van der Waals surface area contributed by atoms with Gasteiger partial charge in [-0.1, -0.05) is 50.6 Å². The molecule has 3 aliphatic rings. The Labute approximate surface area is 421 Å². The van der Waals surface area contributed by atoms with Crippen LogP contribution in [0, 0.1) is 12.8 Å². The van der Waals surface area contributed by atoms with Gasteiger partial charge in [0.15, 0.2) is 0 Å². The molecule has 3 aliphatic heterocycles. The number of piperazine rings is 1. The van der Waals surface area contributed by atoms with Crippen LogP contribution >= 0.6 is 0 Å². The van der Waals surface area contributed by atoms with E-state index < -0.39 is 6.04 Å². The molecular weight excluding hydrogens is 889 g/mol. The predicted molar refractivity (Wildman–Crippen MR) is 286 cm³/mol. The fourth-order valence-corrected chi connectivity index (χ4v) is 11.1. The molecule has 3 N–H and O–H groups in total. The lowest BCUT2D eigenvalue weighted by molar-refractivity contribution is -0.124. The standard InChI is InChI=1S/C55H72N10O4.C2H6/c1-7-46-36-61(34-41-10-16-49-51(32-41)60(6)55(69)65(49)50(9-8-30-66)53(67)57-5)28-29-64(46)35-40-19-24-63(25-20-40)54(68)44-13-11-42(12-14-44)43-21-26-62(27-22-43)39(4)37(2)31-48-38(3)58-23-18-47(48)45-15-17-52(56)59-33-45;1-2/h10-18,23,30-33,39-40,43,46,50H,7-9,19-22,24-29,34-36H2,1-6H3,(H2,56,59)(H,57,67);1-2H3/b37-31+;. The van der Waals surface area contributed by atoms with Crippen LogP contribution in [0.25, 0.3) is 28.2 Å². The molecule has 0 spiro atoms. The van der Waals surface area contributed by atoms with Crippen LogP contribution in [0.15, 0.2) is 83.4 Å². The molecule has 14 heteroatoms. The Hall–Kier alpha value is -5.96. The Kier molecular flexibility index (Phi) is 18.2. The first-order valence-electron chi connectivity index (χ1n) is 26.2. The molecule has 2 amide bonds. The molecule has 380 valence electrons. The second-order valence-corrected chi connectivity index (χ2v) is 19.8. The highest BCUT2D eigenvalue weighted by molar-refractivity contribution is 5.94. The summed E-state index contributed by atoms with van der Waals surface area (Å²) in [5.74, 6) is 1.41. The van der Waals surface area contributed by atoms with E-state index in [-0.39, 0.29) is 30.3 Å². The van der Waals surface area contributed by atoms with E-state index in [0.717, 1.165) is 136 Å². The van der Waals surface area contributed by atoms with Crippen LogP contribution in [0.5, 0.6) is 0 Å². The predicted octanol–water partition coefficient (Wildman–Crippen LogP) is 8.10. The Morgan fingerprint density at radius 1 is 0.915 bits per heavy atom. The van der Waals surface area contributed by atoms with Crippen LogP contribution in [0.4, 0.5) is 5.82 Å². The Bertz CT molecular complexity index is 2680. The number of piperidine rings is 2. The number of nitrogens with one attached hydrogen (secondary N) is 1. The topological polar surface area (TPSA) is 155 Å². The number of benzene rings is 2. The number of aldehydes is 1. The van der Waals surface area contributed by atoms with E-state index in [9.17, 15) is 19.2 Å². The fraction of sp³-hybridized carbons (Fsp3) is 0.509. The number of carbonyl (C=O) groups is 3. The molecule has 14 nitrogen and oxygen atoms in total. The number of imidazole rings is 1. The van der Waals surface area contributed by atoms with Crippen molar-refractivity contribution in [3.63, 3.8) is 0 Å². The number of likely N-dealkylation sites (tertiary alicyclic amines) is 2. The second-order valence-electron chi connectivity index (χ2n) is 19.8. The maximum atomic E-state index is 13.8. The highest BCUT2D eigenvalue weighted by Crippen LogP contribution is 2.33. The van der Waals surface area contributed by atoms with Crippen LogP contribution in [0.1, 0.15) is 124 Å². The second kappa shape index (κ2) is 24.4. The molecule has 0 aliphatic carbocycles. The number of pyridine rings is 2. The van der Waals surface area contributed by atoms with Crippen molar-refractivity contribution >= 4 is 41.0 Å². The van der Waals surface area contributed by atoms with Crippen LogP contribution in [-0.4, -0.2) is 128 Å². The first kappa shape index (κ1) is 52.9. The lowest BCUT2D eigenvalue weighted by atomic mass is 9.87. The van der Waals surface area contributed by atoms with Crippen LogP contribution in [0.3, 0.4) is 0 Å². The molecule has 3 unspecified atom stereocenters. The quantitative estimate of drug-likeness (QED) is 0.0928. The van der Waals surface area contributed by atoms with Gasteiger partial charge in [0.1, 0.15) is 18.1 Å². The zero-order valence-electron chi connectivity index (χ0n) is 43.6. The Morgan fingerprint density at radius 3 is 2.31 bits per heavy atom. The molecule has 6 heterocycles. The van der Waals surface area contributed by atoms with Crippen molar-refractivity contribution in [1.29, 1.82) is 0 Å². The molecule has 5 aromatic rings. The van der Waals surface area contributed by atoms with Gasteiger partial charge in [-0.25, -0.2) is 9.78 Å². The van der Waals surface area contributed by atoms with Gasteiger partial charge in [-0.15, -0.1) is 0 Å². The first-order valence-corrected chi connectivity index (χ1v) is 26.2. The van der Waals surface area contributed by atoms with E-state index in [2.05, 4.69) is 111 Å². The minimum Gasteiger partial charge on any atom is -0.384 e. The molecular formula is C57H78N10O4. The molecule has 2 aromatic carbocycles. The van der Waals surface area contributed by atoms with Crippen molar-refractivity contribution in [2.75, 3.05) is 65.1 Å². The largest absolute Gasteiger partial charge is 0.384 e. The zero-order chi connectivity index (χ0) is 50.8. The van der Waals surface area contributed by atoms with Crippen LogP contribution in [0.2, 0.25) is 0 Å². The lowest BCUT2D eigenvalue weighted by Crippen LogP contribution is -2.54. The van der Waals surface area contributed by atoms with Gasteiger partial charge in [0, 0.05) is 113 Å². The molecule has 3 saturated heterocycles. The highest BCUT2D eigenvalue weighted by Gasteiger charge is 2.32. The average molecular weight is 967 g/mol. The molecule has 3 aromatic heterocycles. The third kappa shape index (κ3) is 12.2. The fourth-order valence-electron chi connectivity index (χ4n) is 11.1. The van der Waals surface area contributed by atoms with Crippen LogP contribution in [-0.2, 0) is 23.2 Å². The minimum atomic E-state index is -0.750. The Balaban J connectivity index is 0.00000366. The third-order valence-corrected chi connectivity index (χ3v) is 15.6. The van der Waals surface area contributed by atoms with E-state index in [0.29, 0.717) is 35.3 Å². The van der Waals surface area contributed by atoms with Crippen molar-refractivity contribution in [3.8, 4) is 11.1 Å². The van der Waals surface area contributed by atoms with Crippen LogP contribution < -0.4 is 16.7 Å². The SMILES string of the molecule is CC.CCC1CN(Cc2ccc3c(c2)n(C)c(=O)n3C(CCC=O)C(=O)NC)CCN1CC1CCN(C(=O)c2ccc(C3CCN(C(C)/C(C)=C/c4c(-c5ccc(N)nc5)ccnc4C)CC3)cc2)CC1. The average Bonchev–Trinajstić information content (AvgIpc) is 3.65. The molecule has 0 saturated carbocycles. The number of nitrogens with two attached hydrogens (primary N) is 1. The normalized spacial score (nSPS) is 18.7. The van der Waals surface area contributed by atoms with E-state index in [1.807, 2.05) is 44.4 Å². The molecule has 0 bridgehead atoms. The number of rotatable bonds is 16. The smallest absolute Gasteiger partial charge is 0.329 e. The number of likely N-dealkylation sites (N-methyl/N-ethyl adjacent to an activating group) is 1. The zero-order valence-corrected chi connectivity index (χ0v) is 43.6. The summed E-state index contributed by atoms with van der Waals surface area (Å²) < 4.78 is 3.13. The number of nitrogens with zero attached hydrogens (tertiary/aromatic N) is 8. The summed E-state index contributed by atoms with van der Waals surface area (Å²) in [6, 6.07) is 20.5. The summed E-state index contributed by atoms with van der Waals surface area (Å²) in [7, 11) is 3.29. The lowest BCUT2D eigenvalue weighted by Gasteiger charge is -2.44. The summed E-state index contributed by atoms with van der Waals surface area (Å²) in [5, 5.41) is 2.66. The highest BCUT2D eigenvalue weighted by atomic mass is 16.2. The summed E-state index contributed by atoms with van der Waals surface area (Å²) in [6.45, 7) is 21.3. The molecule has 71 heavy (non-hydrogen) atoms. The maximum Gasteiger partial charge on any atom is 0.329 e. The van der Waals surface area contributed by atoms with Crippen molar-refractivity contribution in [3.05, 3.63) is 117 Å². The van der Waals surface area contributed by atoms with Gasteiger partial charge in [0.25, 0.3) is 5.91 Å². The minimum absolute atomic E-state index is 0.143. The molecule has 8 rings (SSSR count). The van der Waals surface area contributed by atoms with Crippen molar-refractivity contribution in [2.24, 2.45) is 13.0 Å². The maximum absolute atomic E-state index is 13.8. The van der Waals surface area contributed by atoms with Gasteiger partial charge in [-0.2, -0.15) is 0 Å². The van der Waals surface area contributed by atoms with Gasteiger partial charge in [-0.3, -0.25) is 38.4 Å². The van der Waals surface area contributed by atoms with E-state index in [1.54, 1.807) is 18.7 Å². The molecule has 3 atom stereocenters.